The van der Waals surface area contributed by atoms with Crippen molar-refractivity contribution in [2.75, 3.05) is 24.3 Å². The van der Waals surface area contributed by atoms with Crippen LogP contribution < -0.4 is 26.6 Å². The van der Waals surface area contributed by atoms with Gasteiger partial charge >= 0.3 is 5.69 Å². The first kappa shape index (κ1) is 22.3. The van der Waals surface area contributed by atoms with Crippen molar-refractivity contribution in [3.63, 3.8) is 0 Å². The number of carbonyl (C=O) groups is 1. The Kier molecular flexibility index (Phi) is 7.25. The summed E-state index contributed by atoms with van der Waals surface area (Å²) in [5, 5.41) is 0. The van der Waals surface area contributed by atoms with Crippen LogP contribution in [0.5, 0.6) is 5.75 Å². The van der Waals surface area contributed by atoms with E-state index in [1.165, 1.54) is 11.6 Å². The van der Waals surface area contributed by atoms with Crippen LogP contribution in [0.3, 0.4) is 0 Å². The van der Waals surface area contributed by atoms with E-state index in [1.54, 1.807) is 0 Å². The van der Waals surface area contributed by atoms with Crippen molar-refractivity contribution < 1.29 is 9.53 Å². The molecule has 0 aliphatic heterocycles. The van der Waals surface area contributed by atoms with Gasteiger partial charge in [-0.05, 0) is 36.5 Å². The van der Waals surface area contributed by atoms with Crippen molar-refractivity contribution in [2.45, 2.75) is 53.0 Å². The lowest BCUT2D eigenvalue weighted by Crippen LogP contribution is -2.40. The second-order valence-corrected chi connectivity index (χ2v) is 7.42. The van der Waals surface area contributed by atoms with E-state index in [2.05, 4.69) is 18.8 Å². The summed E-state index contributed by atoms with van der Waals surface area (Å²) < 4.78 is 7.00. The third-order valence-corrected chi connectivity index (χ3v) is 4.89. The fraction of sp³-hybridized carbons (Fsp3) is 0.476. The normalized spacial score (nSPS) is 11.0. The van der Waals surface area contributed by atoms with Crippen molar-refractivity contribution in [1.29, 1.82) is 0 Å². The van der Waals surface area contributed by atoms with Gasteiger partial charge in [0.2, 0.25) is 0 Å². The minimum Gasteiger partial charge on any atom is -0.483 e. The van der Waals surface area contributed by atoms with E-state index < -0.39 is 17.2 Å². The van der Waals surface area contributed by atoms with Gasteiger partial charge in [-0.25, -0.2) is 4.79 Å². The smallest absolute Gasteiger partial charge is 0.330 e. The molecule has 0 aliphatic rings. The third kappa shape index (κ3) is 5.07. The Morgan fingerprint density at radius 1 is 1.31 bits per heavy atom. The Balaban J connectivity index is 2.24. The third-order valence-electron chi connectivity index (χ3n) is 4.89. The standard InChI is InChI=1S/C21H30N4O4/c1-6-7-10-25-19(22)18(20(27)23-21(25)28)24(5)17(26)12-29-16-11-15(13(2)3)9-8-14(16)4/h8-9,11,13H,6-7,10,12,22H2,1-5H3,(H,23,27,28). The molecule has 0 saturated carbocycles. The van der Waals surface area contributed by atoms with Gasteiger partial charge in [-0.2, -0.15) is 0 Å². The highest BCUT2D eigenvalue weighted by Gasteiger charge is 2.21. The highest BCUT2D eigenvalue weighted by molar-refractivity contribution is 5.96. The molecule has 2 rings (SSSR count). The van der Waals surface area contributed by atoms with Crippen LogP contribution >= 0.6 is 0 Å². The first-order valence-corrected chi connectivity index (χ1v) is 9.79. The quantitative estimate of drug-likeness (QED) is 0.704. The minimum atomic E-state index is -0.700. The van der Waals surface area contributed by atoms with E-state index in [4.69, 9.17) is 10.5 Å². The molecule has 0 fully saturated rings. The summed E-state index contributed by atoms with van der Waals surface area (Å²) in [5.41, 5.74) is 6.74. The number of aromatic amines is 1. The number of aromatic nitrogens is 2. The van der Waals surface area contributed by atoms with E-state index in [9.17, 15) is 14.4 Å². The Labute approximate surface area is 170 Å². The molecule has 0 unspecified atom stereocenters. The van der Waals surface area contributed by atoms with E-state index in [-0.39, 0.29) is 18.1 Å². The van der Waals surface area contributed by atoms with Crippen LogP contribution in [0.1, 0.15) is 50.7 Å². The molecule has 0 saturated heterocycles. The zero-order valence-electron chi connectivity index (χ0n) is 17.7. The molecule has 8 heteroatoms. The van der Waals surface area contributed by atoms with Crippen molar-refractivity contribution in [3.05, 3.63) is 50.2 Å². The van der Waals surface area contributed by atoms with Gasteiger partial charge in [0.1, 0.15) is 11.6 Å². The molecule has 1 amide bonds. The van der Waals surface area contributed by atoms with E-state index in [0.717, 1.165) is 28.9 Å². The Morgan fingerprint density at radius 2 is 2.00 bits per heavy atom. The van der Waals surface area contributed by atoms with E-state index >= 15 is 0 Å². The van der Waals surface area contributed by atoms with Crippen LogP contribution in [-0.2, 0) is 11.3 Å². The maximum Gasteiger partial charge on any atom is 0.330 e. The second kappa shape index (κ2) is 9.45. The number of nitrogens with zero attached hydrogens (tertiary/aromatic N) is 2. The summed E-state index contributed by atoms with van der Waals surface area (Å²) in [4.78, 5) is 40.4. The van der Waals surface area contributed by atoms with Crippen molar-refractivity contribution in [2.24, 2.45) is 0 Å². The molecule has 158 valence electrons. The number of hydrogen-bond donors (Lipinski definition) is 2. The first-order chi connectivity index (χ1) is 13.7. The van der Waals surface area contributed by atoms with Crippen LogP contribution in [0.15, 0.2) is 27.8 Å². The van der Waals surface area contributed by atoms with Crippen LogP contribution in [0.2, 0.25) is 0 Å². The Hall–Kier alpha value is -3.03. The summed E-state index contributed by atoms with van der Waals surface area (Å²) in [6.45, 7) is 8.15. The number of unbranched alkanes of at least 4 members (excludes halogenated alkanes) is 1. The van der Waals surface area contributed by atoms with Gasteiger partial charge in [0.05, 0.1) is 0 Å². The maximum absolute atomic E-state index is 12.7. The van der Waals surface area contributed by atoms with Crippen LogP contribution in [0.4, 0.5) is 11.5 Å². The molecule has 3 N–H and O–H groups in total. The number of nitrogen functional groups attached to an aromatic ring is 1. The Bertz CT molecular complexity index is 991. The van der Waals surface area contributed by atoms with Crippen LogP contribution in [0.25, 0.3) is 0 Å². The van der Waals surface area contributed by atoms with Crippen molar-refractivity contribution in [1.82, 2.24) is 9.55 Å². The lowest BCUT2D eigenvalue weighted by Gasteiger charge is -2.21. The van der Waals surface area contributed by atoms with E-state index in [0.29, 0.717) is 18.2 Å². The molecule has 0 bridgehead atoms. The lowest BCUT2D eigenvalue weighted by atomic mass is 10.0. The predicted octanol–water partition coefficient (Wildman–Crippen LogP) is 2.39. The van der Waals surface area contributed by atoms with Gasteiger partial charge in [0, 0.05) is 13.6 Å². The van der Waals surface area contributed by atoms with Gasteiger partial charge in [0.15, 0.2) is 12.3 Å². The van der Waals surface area contributed by atoms with Crippen LogP contribution in [0, 0.1) is 6.92 Å². The van der Waals surface area contributed by atoms with Gasteiger partial charge in [-0.3, -0.25) is 19.1 Å². The number of benzene rings is 1. The topological polar surface area (TPSA) is 110 Å². The van der Waals surface area contributed by atoms with Gasteiger partial charge in [-0.1, -0.05) is 39.3 Å². The molecule has 29 heavy (non-hydrogen) atoms. The number of amides is 1. The summed E-state index contributed by atoms with van der Waals surface area (Å²) in [7, 11) is 1.44. The molecule has 1 heterocycles. The fourth-order valence-corrected chi connectivity index (χ4v) is 2.93. The van der Waals surface area contributed by atoms with Crippen molar-refractivity contribution in [3.8, 4) is 5.75 Å². The molecule has 0 atom stereocenters. The number of hydrogen-bond acceptors (Lipinski definition) is 5. The fourth-order valence-electron chi connectivity index (χ4n) is 2.93. The SMILES string of the molecule is CCCCn1c(N)c(N(C)C(=O)COc2cc(C(C)C)ccc2C)c(=O)[nH]c1=O. The highest BCUT2D eigenvalue weighted by Crippen LogP contribution is 2.24. The van der Waals surface area contributed by atoms with Crippen molar-refractivity contribution >= 4 is 17.4 Å². The zero-order chi connectivity index (χ0) is 21.7. The van der Waals surface area contributed by atoms with Gasteiger partial charge < -0.3 is 15.4 Å². The number of ether oxygens (including phenoxy) is 1. The molecule has 0 aliphatic carbocycles. The molecule has 1 aromatic carbocycles. The largest absolute Gasteiger partial charge is 0.483 e. The zero-order valence-corrected chi connectivity index (χ0v) is 17.7. The number of anilines is 2. The number of rotatable bonds is 8. The number of likely N-dealkylation sites (N-methyl/N-ethyl adjacent to an activating group) is 1. The number of carbonyl (C=O) groups excluding carboxylic acids is 1. The highest BCUT2D eigenvalue weighted by atomic mass is 16.5. The number of nitrogens with one attached hydrogen (secondary N) is 1. The molecule has 0 radical (unpaired) electrons. The van der Waals surface area contributed by atoms with E-state index in [1.807, 2.05) is 32.0 Å². The van der Waals surface area contributed by atoms with Gasteiger partial charge in [0.25, 0.3) is 11.5 Å². The molecule has 1 aromatic heterocycles. The average molecular weight is 402 g/mol. The minimum absolute atomic E-state index is 0.0268. The maximum atomic E-state index is 12.7. The number of aryl methyl sites for hydroxylation is 1. The molecule has 8 nitrogen and oxygen atoms in total. The molecular weight excluding hydrogens is 372 g/mol. The summed E-state index contributed by atoms with van der Waals surface area (Å²) in [5.74, 6) is 0.477. The average Bonchev–Trinajstić information content (AvgIpc) is 2.66. The summed E-state index contributed by atoms with van der Waals surface area (Å²) in [6, 6.07) is 5.89. The molecular formula is C21H30N4O4. The lowest BCUT2D eigenvalue weighted by molar-refractivity contribution is -0.120. The van der Waals surface area contributed by atoms with Crippen LogP contribution in [-0.4, -0.2) is 29.1 Å². The molecule has 2 aromatic rings. The number of H-pyrrole nitrogens is 1. The molecule has 0 spiro atoms. The number of nitrogens with two attached hydrogens (primary N) is 1. The van der Waals surface area contributed by atoms with Gasteiger partial charge in [-0.15, -0.1) is 0 Å². The predicted molar refractivity (Wildman–Crippen MR) is 115 cm³/mol. The first-order valence-electron chi connectivity index (χ1n) is 9.79. The second-order valence-electron chi connectivity index (χ2n) is 7.42. The Morgan fingerprint density at radius 3 is 2.62 bits per heavy atom. The summed E-state index contributed by atoms with van der Waals surface area (Å²) >= 11 is 0. The summed E-state index contributed by atoms with van der Waals surface area (Å²) in [6.07, 6.45) is 1.58. The monoisotopic (exact) mass is 402 g/mol.